The van der Waals surface area contributed by atoms with E-state index in [2.05, 4.69) is 4.98 Å². The van der Waals surface area contributed by atoms with Crippen molar-refractivity contribution >= 4 is 28.7 Å². The second-order valence-corrected chi connectivity index (χ2v) is 8.30. The van der Waals surface area contributed by atoms with Gasteiger partial charge in [-0.1, -0.05) is 23.7 Å². The van der Waals surface area contributed by atoms with E-state index in [1.54, 1.807) is 0 Å². The second-order valence-electron chi connectivity index (χ2n) is 7.89. The number of benzene rings is 2. The zero-order valence-electron chi connectivity index (χ0n) is 18.9. The van der Waals surface area contributed by atoms with Gasteiger partial charge in [0.15, 0.2) is 0 Å². The summed E-state index contributed by atoms with van der Waals surface area (Å²) in [6.07, 6.45) is -2.66. The van der Waals surface area contributed by atoms with Gasteiger partial charge in [-0.15, -0.1) is 0 Å². The van der Waals surface area contributed by atoms with Crippen LogP contribution in [0, 0.1) is 11.6 Å². The Morgan fingerprint density at radius 1 is 1.06 bits per heavy atom. The summed E-state index contributed by atoms with van der Waals surface area (Å²) in [5.41, 5.74) is 0.211. The first-order valence-corrected chi connectivity index (χ1v) is 10.8. The van der Waals surface area contributed by atoms with E-state index in [-0.39, 0.29) is 52.6 Å². The fourth-order valence-electron chi connectivity index (χ4n) is 3.95. The molecular formula is C25H16ClF5NNaO3. The summed E-state index contributed by atoms with van der Waals surface area (Å²) >= 11 is 6.02. The monoisotopic (exact) mass is 531 g/mol. The summed E-state index contributed by atoms with van der Waals surface area (Å²) in [6.45, 7) is -0.182. The predicted molar refractivity (Wildman–Crippen MR) is 116 cm³/mol. The quantitative estimate of drug-likeness (QED) is 0.362. The van der Waals surface area contributed by atoms with Crippen LogP contribution in [0.15, 0.2) is 48.7 Å². The number of hydrogen-bond acceptors (Lipinski definition) is 4. The molecule has 0 bridgehead atoms. The summed E-state index contributed by atoms with van der Waals surface area (Å²) in [5.74, 6) is -3.33. The molecule has 36 heavy (non-hydrogen) atoms. The summed E-state index contributed by atoms with van der Waals surface area (Å²) in [5, 5.41) is 11.3. The molecule has 4 rings (SSSR count). The van der Waals surface area contributed by atoms with Crippen molar-refractivity contribution in [2.24, 2.45) is 0 Å². The molecule has 1 aromatic heterocycles. The van der Waals surface area contributed by atoms with Crippen LogP contribution in [0.25, 0.3) is 11.1 Å². The van der Waals surface area contributed by atoms with Gasteiger partial charge in [-0.3, -0.25) is 0 Å². The van der Waals surface area contributed by atoms with Crippen molar-refractivity contribution in [1.29, 1.82) is 0 Å². The molecule has 4 nitrogen and oxygen atoms in total. The number of ether oxygens (including phenoxy) is 1. The molecule has 0 spiro atoms. The third-order valence-electron chi connectivity index (χ3n) is 5.64. The second kappa shape index (κ2) is 11.3. The van der Waals surface area contributed by atoms with E-state index >= 15 is 0 Å². The Bertz CT molecular complexity index is 1340. The van der Waals surface area contributed by atoms with Crippen molar-refractivity contribution in [2.75, 3.05) is 0 Å². The molecule has 0 atom stereocenters. The van der Waals surface area contributed by atoms with Gasteiger partial charge in [0.05, 0.1) is 16.6 Å². The van der Waals surface area contributed by atoms with Crippen molar-refractivity contribution in [3.8, 4) is 5.88 Å². The molecule has 0 aliphatic heterocycles. The fraction of sp³-hybridized carbons (Fsp3) is 0.200. The van der Waals surface area contributed by atoms with E-state index in [0.29, 0.717) is 47.7 Å². The van der Waals surface area contributed by atoms with E-state index in [4.69, 9.17) is 16.3 Å². The number of halogens is 6. The number of aromatic nitrogens is 1. The first-order valence-electron chi connectivity index (χ1n) is 10.4. The molecule has 0 radical (unpaired) electrons. The zero-order chi connectivity index (χ0) is 25.3. The van der Waals surface area contributed by atoms with Gasteiger partial charge in [-0.2, -0.15) is 13.2 Å². The molecule has 0 amide bonds. The summed E-state index contributed by atoms with van der Waals surface area (Å²) in [4.78, 5) is 15.1. The van der Waals surface area contributed by atoms with Crippen molar-refractivity contribution in [1.82, 2.24) is 4.98 Å². The molecule has 0 saturated heterocycles. The average molecular weight is 532 g/mol. The molecule has 0 N–H and O–H groups in total. The zero-order valence-corrected chi connectivity index (χ0v) is 21.6. The Labute approximate surface area is 230 Å². The number of hydrogen-bond donors (Lipinski definition) is 0. The van der Waals surface area contributed by atoms with Crippen LogP contribution >= 0.6 is 11.6 Å². The van der Waals surface area contributed by atoms with Gasteiger partial charge < -0.3 is 14.6 Å². The number of nitrogens with zero attached hydrogens (tertiary/aromatic N) is 1. The number of carbonyl (C=O) groups is 1. The number of carboxylic acid groups (broad SMARTS) is 1. The van der Waals surface area contributed by atoms with Crippen LogP contribution in [0.3, 0.4) is 0 Å². The van der Waals surface area contributed by atoms with Crippen molar-refractivity contribution in [2.45, 2.75) is 32.0 Å². The minimum atomic E-state index is -4.67. The predicted octanol–water partition coefficient (Wildman–Crippen LogP) is 3.07. The van der Waals surface area contributed by atoms with E-state index in [1.165, 1.54) is 18.2 Å². The summed E-state index contributed by atoms with van der Waals surface area (Å²) in [6, 6.07) is 8.00. The molecule has 2 aromatic carbocycles. The molecule has 1 heterocycles. The molecule has 0 saturated carbocycles. The van der Waals surface area contributed by atoms with E-state index < -0.39 is 34.9 Å². The Hall–Kier alpha value is -2.46. The maximum absolute atomic E-state index is 13.9. The van der Waals surface area contributed by atoms with Crippen molar-refractivity contribution in [3.63, 3.8) is 0 Å². The molecule has 1 aliphatic rings. The minimum absolute atomic E-state index is 0. The number of aromatic carboxylic acids is 1. The SMILES string of the molecule is O=C([O-])c1cc(C2=C(c3cc(C(F)(F)F)cnc3OCc3ccc(F)cc3Cl)CCC2)ccc1F.[Na+]. The molecule has 3 aromatic rings. The van der Waals surface area contributed by atoms with Crippen LogP contribution in [-0.2, 0) is 12.8 Å². The van der Waals surface area contributed by atoms with Crippen LogP contribution < -0.4 is 39.4 Å². The summed E-state index contributed by atoms with van der Waals surface area (Å²) in [7, 11) is 0. The third kappa shape index (κ3) is 6.08. The standard InChI is InChI=1S/C25H17ClF5NO3.Na/c26-21-10-16(27)6-4-14(21)12-35-23-19(9-15(11-32-23)25(29,30)31)18-3-1-2-17(18)13-5-7-22(28)20(8-13)24(33)34;/h4-11H,1-3,12H2,(H,33,34);/q;+1/p-1. The summed E-state index contributed by atoms with van der Waals surface area (Å²) < 4.78 is 73.3. The number of alkyl halides is 3. The number of pyridine rings is 1. The van der Waals surface area contributed by atoms with E-state index in [1.807, 2.05) is 0 Å². The van der Waals surface area contributed by atoms with Crippen LogP contribution in [0.4, 0.5) is 22.0 Å². The number of rotatable bonds is 6. The largest absolute Gasteiger partial charge is 1.00 e. The molecule has 0 fully saturated rings. The Morgan fingerprint density at radius 2 is 1.78 bits per heavy atom. The third-order valence-corrected chi connectivity index (χ3v) is 5.99. The van der Waals surface area contributed by atoms with Gasteiger partial charge in [-0.25, -0.2) is 13.8 Å². The first kappa shape index (κ1) is 28.1. The van der Waals surface area contributed by atoms with Gasteiger partial charge in [0, 0.05) is 22.9 Å². The average Bonchev–Trinajstić information content (AvgIpc) is 3.27. The van der Waals surface area contributed by atoms with Gasteiger partial charge >= 0.3 is 35.7 Å². The maximum Gasteiger partial charge on any atom is 1.00 e. The van der Waals surface area contributed by atoms with Gasteiger partial charge in [0.25, 0.3) is 0 Å². The van der Waals surface area contributed by atoms with Crippen LogP contribution in [0.1, 0.15) is 51.9 Å². The molecular weight excluding hydrogens is 516 g/mol. The van der Waals surface area contributed by atoms with Crippen LogP contribution in [0.2, 0.25) is 5.02 Å². The van der Waals surface area contributed by atoms with Crippen LogP contribution in [-0.4, -0.2) is 11.0 Å². The fourth-order valence-corrected chi connectivity index (χ4v) is 4.17. The van der Waals surface area contributed by atoms with Crippen molar-refractivity contribution < 1.29 is 66.1 Å². The topological polar surface area (TPSA) is 62.2 Å². The smallest absolute Gasteiger partial charge is 0.545 e. The number of carbonyl (C=O) groups excluding carboxylic acids is 1. The molecule has 182 valence electrons. The van der Waals surface area contributed by atoms with Gasteiger partial charge in [-0.05, 0) is 66.3 Å². The molecule has 11 heteroatoms. The van der Waals surface area contributed by atoms with Gasteiger partial charge in [0.2, 0.25) is 5.88 Å². The van der Waals surface area contributed by atoms with Gasteiger partial charge in [0.1, 0.15) is 18.2 Å². The molecule has 0 unspecified atom stereocenters. The number of allylic oxidation sites excluding steroid dienone is 2. The Morgan fingerprint density at radius 3 is 2.44 bits per heavy atom. The van der Waals surface area contributed by atoms with E-state index in [0.717, 1.165) is 24.3 Å². The van der Waals surface area contributed by atoms with Crippen molar-refractivity contribution in [3.05, 3.63) is 93.1 Å². The number of carboxylic acids is 1. The Balaban J connectivity index is 0.00000361. The minimum Gasteiger partial charge on any atom is -0.545 e. The van der Waals surface area contributed by atoms with Crippen LogP contribution in [0.5, 0.6) is 5.88 Å². The van der Waals surface area contributed by atoms with E-state index in [9.17, 15) is 31.9 Å². The first-order chi connectivity index (χ1) is 16.5. The molecule has 1 aliphatic carbocycles. The normalized spacial score (nSPS) is 13.5. The Kier molecular flexibility index (Phi) is 8.82. The maximum atomic E-state index is 13.9.